The van der Waals surface area contributed by atoms with Gasteiger partial charge in [-0.3, -0.25) is 4.79 Å². The lowest BCUT2D eigenvalue weighted by Gasteiger charge is -2.25. The molecule has 0 aliphatic carbocycles. The summed E-state index contributed by atoms with van der Waals surface area (Å²) in [6.45, 7) is 2.88. The van der Waals surface area contributed by atoms with Crippen LogP contribution in [0.1, 0.15) is 17.3 Å². The van der Waals surface area contributed by atoms with Gasteiger partial charge in [0.15, 0.2) is 0 Å². The molecule has 0 spiro atoms. The number of carbonyl (C=O) groups is 1. The fourth-order valence-corrected chi connectivity index (χ4v) is 2.29. The van der Waals surface area contributed by atoms with Gasteiger partial charge >= 0.3 is 0 Å². The van der Waals surface area contributed by atoms with Crippen LogP contribution in [0.4, 0.5) is 17.1 Å². The molecule has 1 amide bonds. The molecule has 0 aliphatic heterocycles. The third kappa shape index (κ3) is 3.16. The van der Waals surface area contributed by atoms with Crippen molar-refractivity contribution < 1.29 is 4.79 Å². The highest BCUT2D eigenvalue weighted by molar-refractivity contribution is 5.96. The number of nitrogens with zero attached hydrogens (tertiary/aromatic N) is 2. The molecule has 110 valence electrons. The largest absolute Gasteiger partial charge is 0.397 e. The maximum Gasteiger partial charge on any atom is 0.253 e. The van der Waals surface area contributed by atoms with E-state index in [1.165, 1.54) is 0 Å². The molecule has 4 nitrogen and oxygen atoms in total. The van der Waals surface area contributed by atoms with E-state index >= 15 is 0 Å². The molecule has 0 unspecified atom stereocenters. The minimum absolute atomic E-state index is 0.0454. The Morgan fingerprint density at radius 2 is 1.76 bits per heavy atom. The van der Waals surface area contributed by atoms with Gasteiger partial charge in [-0.2, -0.15) is 0 Å². The Morgan fingerprint density at radius 1 is 1.10 bits per heavy atom. The van der Waals surface area contributed by atoms with E-state index < -0.39 is 0 Å². The van der Waals surface area contributed by atoms with Crippen molar-refractivity contribution in [3.8, 4) is 0 Å². The predicted octanol–water partition coefficient (Wildman–Crippen LogP) is 3.13. The number of hydrogen-bond acceptors (Lipinski definition) is 3. The summed E-state index contributed by atoms with van der Waals surface area (Å²) in [4.78, 5) is 15.6. The minimum atomic E-state index is -0.0454. The van der Waals surface area contributed by atoms with E-state index in [4.69, 9.17) is 5.73 Å². The molecule has 2 N–H and O–H groups in total. The van der Waals surface area contributed by atoms with Crippen LogP contribution in [0.5, 0.6) is 0 Å². The van der Waals surface area contributed by atoms with Gasteiger partial charge in [0.1, 0.15) is 0 Å². The molecule has 0 saturated heterocycles. The minimum Gasteiger partial charge on any atom is -0.397 e. The van der Waals surface area contributed by atoms with Crippen LogP contribution in [-0.4, -0.2) is 31.4 Å². The van der Waals surface area contributed by atoms with Gasteiger partial charge in [0.05, 0.1) is 11.4 Å². The molecule has 0 heterocycles. The predicted molar refractivity (Wildman–Crippen MR) is 88.0 cm³/mol. The van der Waals surface area contributed by atoms with Crippen molar-refractivity contribution in [2.45, 2.75) is 6.92 Å². The van der Waals surface area contributed by atoms with E-state index in [2.05, 4.69) is 11.8 Å². The molecule has 0 fully saturated rings. The molecule has 0 atom stereocenters. The number of nitrogens with two attached hydrogens (primary N) is 1. The SMILES string of the molecule is CCN(c1ccccc1)c1ccc(C(=O)N(C)C)cc1N. The number of rotatable bonds is 4. The van der Waals surface area contributed by atoms with Gasteiger partial charge in [0, 0.05) is 31.9 Å². The summed E-state index contributed by atoms with van der Waals surface area (Å²) < 4.78 is 0. The zero-order valence-corrected chi connectivity index (χ0v) is 12.7. The molecular weight excluding hydrogens is 262 g/mol. The summed E-state index contributed by atoms with van der Waals surface area (Å²) in [7, 11) is 3.46. The number of para-hydroxylation sites is 1. The van der Waals surface area contributed by atoms with Gasteiger partial charge in [-0.15, -0.1) is 0 Å². The van der Waals surface area contributed by atoms with Crippen LogP contribution < -0.4 is 10.6 Å². The normalized spacial score (nSPS) is 10.2. The van der Waals surface area contributed by atoms with E-state index in [-0.39, 0.29) is 5.91 Å². The molecule has 4 heteroatoms. The highest BCUT2D eigenvalue weighted by Crippen LogP contribution is 2.30. The van der Waals surface area contributed by atoms with Crippen molar-refractivity contribution in [1.82, 2.24) is 4.90 Å². The second kappa shape index (κ2) is 6.31. The molecule has 21 heavy (non-hydrogen) atoms. The van der Waals surface area contributed by atoms with Crippen LogP contribution in [0, 0.1) is 0 Å². The van der Waals surface area contributed by atoms with Crippen molar-refractivity contribution >= 4 is 23.0 Å². The number of nitrogen functional groups attached to an aromatic ring is 1. The van der Waals surface area contributed by atoms with Crippen LogP contribution in [0.2, 0.25) is 0 Å². The fourth-order valence-electron chi connectivity index (χ4n) is 2.29. The number of amides is 1. The number of hydrogen-bond donors (Lipinski definition) is 1. The average Bonchev–Trinajstić information content (AvgIpc) is 2.49. The van der Waals surface area contributed by atoms with Crippen molar-refractivity contribution in [2.75, 3.05) is 31.3 Å². The van der Waals surface area contributed by atoms with Crippen LogP contribution in [-0.2, 0) is 0 Å². The third-order valence-corrected chi connectivity index (χ3v) is 3.36. The second-order valence-electron chi connectivity index (χ2n) is 5.05. The average molecular weight is 283 g/mol. The number of benzene rings is 2. The molecule has 0 saturated carbocycles. The summed E-state index contributed by atoms with van der Waals surface area (Å²) in [5.41, 5.74) is 9.37. The number of carbonyl (C=O) groups excluding carboxylic acids is 1. The first-order valence-electron chi connectivity index (χ1n) is 6.98. The summed E-state index contributed by atoms with van der Waals surface area (Å²) in [6, 6.07) is 15.5. The van der Waals surface area contributed by atoms with Gasteiger partial charge < -0.3 is 15.5 Å². The molecule has 0 radical (unpaired) electrons. The zero-order valence-electron chi connectivity index (χ0n) is 12.7. The highest BCUT2D eigenvalue weighted by Gasteiger charge is 2.14. The summed E-state index contributed by atoms with van der Waals surface area (Å²) in [5.74, 6) is -0.0454. The molecular formula is C17H21N3O. The topological polar surface area (TPSA) is 49.6 Å². The van der Waals surface area contributed by atoms with Gasteiger partial charge in [-0.1, -0.05) is 18.2 Å². The monoisotopic (exact) mass is 283 g/mol. The Kier molecular flexibility index (Phi) is 4.48. The third-order valence-electron chi connectivity index (χ3n) is 3.36. The molecule has 0 aliphatic rings. The van der Waals surface area contributed by atoms with E-state index in [1.54, 1.807) is 25.1 Å². The summed E-state index contributed by atoms with van der Waals surface area (Å²) in [6.07, 6.45) is 0. The fraction of sp³-hybridized carbons (Fsp3) is 0.235. The Hall–Kier alpha value is -2.49. The van der Waals surface area contributed by atoms with Crippen molar-refractivity contribution in [3.63, 3.8) is 0 Å². The van der Waals surface area contributed by atoms with E-state index in [0.29, 0.717) is 11.3 Å². The lowest BCUT2D eigenvalue weighted by atomic mass is 10.1. The van der Waals surface area contributed by atoms with Crippen molar-refractivity contribution in [2.24, 2.45) is 0 Å². The Balaban J connectivity index is 2.38. The number of anilines is 3. The molecule has 2 rings (SSSR count). The molecule has 2 aromatic rings. The van der Waals surface area contributed by atoms with E-state index in [0.717, 1.165) is 17.9 Å². The van der Waals surface area contributed by atoms with Crippen LogP contribution in [0.15, 0.2) is 48.5 Å². The summed E-state index contributed by atoms with van der Waals surface area (Å²) in [5, 5.41) is 0. The van der Waals surface area contributed by atoms with Crippen molar-refractivity contribution in [1.29, 1.82) is 0 Å². The van der Waals surface area contributed by atoms with E-state index in [9.17, 15) is 4.79 Å². The van der Waals surface area contributed by atoms with Gasteiger partial charge in [-0.25, -0.2) is 0 Å². The van der Waals surface area contributed by atoms with Crippen LogP contribution in [0.3, 0.4) is 0 Å². The Bertz CT molecular complexity index is 623. The maximum absolute atomic E-state index is 12.0. The van der Waals surface area contributed by atoms with Gasteiger partial charge in [0.2, 0.25) is 0 Å². The molecule has 0 aromatic heterocycles. The van der Waals surface area contributed by atoms with Crippen LogP contribution in [0.25, 0.3) is 0 Å². The highest BCUT2D eigenvalue weighted by atomic mass is 16.2. The van der Waals surface area contributed by atoms with E-state index in [1.807, 2.05) is 42.5 Å². The Morgan fingerprint density at radius 3 is 2.29 bits per heavy atom. The first-order valence-corrected chi connectivity index (χ1v) is 6.98. The first kappa shape index (κ1) is 14.9. The van der Waals surface area contributed by atoms with Crippen molar-refractivity contribution in [3.05, 3.63) is 54.1 Å². The molecule has 2 aromatic carbocycles. The Labute approximate surface area is 125 Å². The first-order chi connectivity index (χ1) is 10.0. The zero-order chi connectivity index (χ0) is 15.4. The summed E-state index contributed by atoms with van der Waals surface area (Å²) >= 11 is 0. The van der Waals surface area contributed by atoms with Gasteiger partial charge in [0.25, 0.3) is 5.91 Å². The smallest absolute Gasteiger partial charge is 0.253 e. The maximum atomic E-state index is 12.0. The lowest BCUT2D eigenvalue weighted by molar-refractivity contribution is 0.0827. The lowest BCUT2D eigenvalue weighted by Crippen LogP contribution is -2.22. The quantitative estimate of drug-likeness (QED) is 0.877. The molecule has 0 bridgehead atoms. The second-order valence-corrected chi connectivity index (χ2v) is 5.05. The standard InChI is InChI=1S/C17H21N3O/c1-4-20(14-8-6-5-7-9-14)16-11-10-13(12-15(16)18)17(21)19(2)3/h5-12H,4,18H2,1-3H3. The van der Waals surface area contributed by atoms with Crippen LogP contribution >= 0.6 is 0 Å². The van der Waals surface area contributed by atoms with Gasteiger partial charge in [-0.05, 0) is 37.3 Å².